The number of carbonyl (C=O) groups is 2. The molecule has 4 fully saturated rings. The number of fused-ring (bicyclic) bond motifs is 5. The molecule has 2 aromatic carbocycles. The van der Waals surface area contributed by atoms with Crippen molar-refractivity contribution < 1.29 is 28.7 Å². The Kier molecular flexibility index (Phi) is 9.01. The molecule has 0 radical (unpaired) electrons. The zero-order chi connectivity index (χ0) is 33.8. The number of rotatable bonds is 6. The van der Waals surface area contributed by atoms with Crippen LogP contribution in [0.3, 0.4) is 0 Å². The van der Waals surface area contributed by atoms with Gasteiger partial charge in [-0.2, -0.15) is 0 Å². The molecule has 0 spiro atoms. The number of hydrogen-bond acceptors (Lipinski definition) is 7. The van der Waals surface area contributed by atoms with Gasteiger partial charge >= 0.3 is 11.9 Å². The number of oxime groups is 1. The van der Waals surface area contributed by atoms with E-state index in [-0.39, 0.29) is 57.6 Å². The van der Waals surface area contributed by atoms with Crippen LogP contribution >= 0.6 is 0 Å². The van der Waals surface area contributed by atoms with Crippen LogP contribution in [0.2, 0.25) is 5.04 Å². The van der Waals surface area contributed by atoms with Crippen LogP contribution in [0.1, 0.15) is 93.4 Å². The molecular formula is C39H53NO6Si. The first-order valence-electron chi connectivity index (χ1n) is 17.6. The van der Waals surface area contributed by atoms with Gasteiger partial charge in [0.2, 0.25) is 0 Å². The number of nitrogens with zero attached hydrogens (tertiary/aromatic N) is 1. The lowest BCUT2D eigenvalue weighted by Gasteiger charge is -2.64. The molecule has 0 aromatic heterocycles. The van der Waals surface area contributed by atoms with E-state index in [1.807, 2.05) is 0 Å². The van der Waals surface area contributed by atoms with Gasteiger partial charge in [0.05, 0.1) is 5.71 Å². The highest BCUT2D eigenvalue weighted by molar-refractivity contribution is 6.99. The first-order chi connectivity index (χ1) is 22.3. The van der Waals surface area contributed by atoms with Crippen LogP contribution in [-0.4, -0.2) is 49.5 Å². The fraction of sp³-hybridized carbons (Fsp3) is 0.615. The van der Waals surface area contributed by atoms with Crippen LogP contribution in [0.4, 0.5) is 0 Å². The van der Waals surface area contributed by atoms with Crippen LogP contribution in [-0.2, 0) is 23.5 Å². The molecule has 0 heterocycles. The van der Waals surface area contributed by atoms with Crippen molar-refractivity contribution in [3.05, 3.63) is 60.7 Å². The standard InChI is InChI=1S/C39H53NO6Si/c1-25(41)44-35-32-24-27(46-47(37(3,4)5,28-14-10-8-11-15-28)29-16-12-9-13-17-29)20-22-38(32,6)31-21-23-39(7)30(18-19-33(39)40-43)34(31)36(35)45-26(2)42/h8-17,27,30-32,34-36,43H,18-24H2,1-7H3/t27-,30-,31-,32+,34-,35+,36+,38+,39-/m0/s1. The number of carbonyl (C=O) groups excluding carboxylic acids is 2. The lowest BCUT2D eigenvalue weighted by atomic mass is 9.43. The second-order valence-corrected chi connectivity index (χ2v) is 20.5. The van der Waals surface area contributed by atoms with Gasteiger partial charge in [-0.05, 0) is 77.6 Å². The lowest BCUT2D eigenvalue weighted by Crippen LogP contribution is -2.69. The van der Waals surface area contributed by atoms with Crippen molar-refractivity contribution in [1.82, 2.24) is 0 Å². The predicted molar refractivity (Wildman–Crippen MR) is 185 cm³/mol. The van der Waals surface area contributed by atoms with Crippen molar-refractivity contribution in [3.8, 4) is 0 Å². The van der Waals surface area contributed by atoms with E-state index >= 15 is 0 Å². The number of esters is 2. The molecule has 9 atom stereocenters. The lowest BCUT2D eigenvalue weighted by molar-refractivity contribution is -0.236. The fourth-order valence-corrected chi connectivity index (χ4v) is 15.6. The predicted octanol–water partition coefficient (Wildman–Crippen LogP) is 6.89. The second kappa shape index (κ2) is 12.5. The molecule has 0 unspecified atom stereocenters. The fourth-order valence-electron chi connectivity index (χ4n) is 10.8. The van der Waals surface area contributed by atoms with Crippen molar-refractivity contribution in [2.45, 2.75) is 117 Å². The molecule has 47 heavy (non-hydrogen) atoms. The minimum atomic E-state index is -2.82. The molecule has 8 heteroatoms. The normalized spacial score (nSPS) is 36.1. The van der Waals surface area contributed by atoms with E-state index in [0.29, 0.717) is 0 Å². The summed E-state index contributed by atoms with van der Waals surface area (Å²) >= 11 is 0. The Bertz CT molecular complexity index is 1450. The molecule has 6 rings (SSSR count). The van der Waals surface area contributed by atoms with E-state index in [1.165, 1.54) is 24.2 Å². The maximum atomic E-state index is 12.8. The third-order valence-corrected chi connectivity index (χ3v) is 18.0. The van der Waals surface area contributed by atoms with Crippen LogP contribution in [0.15, 0.2) is 65.8 Å². The molecule has 0 amide bonds. The van der Waals surface area contributed by atoms with Crippen molar-refractivity contribution >= 4 is 36.3 Å². The molecule has 4 aliphatic rings. The van der Waals surface area contributed by atoms with Gasteiger partial charge in [-0.25, -0.2) is 0 Å². The van der Waals surface area contributed by atoms with Crippen LogP contribution in [0.5, 0.6) is 0 Å². The van der Waals surface area contributed by atoms with Gasteiger partial charge in [0.15, 0.2) is 0 Å². The molecule has 254 valence electrons. The Labute approximate surface area is 281 Å². The number of benzene rings is 2. The Morgan fingerprint density at radius 1 is 0.809 bits per heavy atom. The largest absolute Gasteiger partial charge is 0.458 e. The molecule has 1 N–H and O–H groups in total. The maximum Gasteiger partial charge on any atom is 0.303 e. The number of hydrogen-bond donors (Lipinski definition) is 1. The highest BCUT2D eigenvalue weighted by atomic mass is 28.4. The summed E-state index contributed by atoms with van der Waals surface area (Å²) < 4.78 is 20.2. The molecule has 0 bridgehead atoms. The van der Waals surface area contributed by atoms with Gasteiger partial charge in [0.1, 0.15) is 12.2 Å². The van der Waals surface area contributed by atoms with Crippen molar-refractivity contribution in [2.24, 2.45) is 39.7 Å². The molecule has 0 aliphatic heterocycles. The maximum absolute atomic E-state index is 12.8. The van der Waals surface area contributed by atoms with Crippen molar-refractivity contribution in [3.63, 3.8) is 0 Å². The highest BCUT2D eigenvalue weighted by Gasteiger charge is 2.67. The number of ether oxygens (including phenoxy) is 2. The van der Waals surface area contributed by atoms with Crippen LogP contribution in [0.25, 0.3) is 0 Å². The molecule has 0 saturated heterocycles. The SMILES string of the molecule is CC(=O)O[C@H]1[C@H](OC(C)=O)[C@H]2C[C@@H](O[Si](c3ccccc3)(c3ccccc3)C(C)(C)C)CC[C@]2(C)[C@H]2CC[C@]3(C)C(=NO)CC[C@H]3[C@H]12. The van der Waals surface area contributed by atoms with E-state index < -0.39 is 20.5 Å². The summed E-state index contributed by atoms with van der Waals surface area (Å²) in [4.78, 5) is 25.6. The third-order valence-electron chi connectivity index (χ3n) is 12.9. The minimum absolute atomic E-state index is 0.0108. The summed E-state index contributed by atoms with van der Waals surface area (Å²) in [7, 11) is -2.82. The van der Waals surface area contributed by atoms with E-state index in [9.17, 15) is 14.8 Å². The van der Waals surface area contributed by atoms with Gasteiger partial charge < -0.3 is 19.1 Å². The zero-order valence-corrected chi connectivity index (χ0v) is 30.2. The smallest absolute Gasteiger partial charge is 0.303 e. The average molecular weight is 660 g/mol. The van der Waals surface area contributed by atoms with Gasteiger partial charge in [0.25, 0.3) is 8.32 Å². The summed E-state index contributed by atoms with van der Waals surface area (Å²) in [6.07, 6.45) is 4.89. The van der Waals surface area contributed by atoms with Crippen LogP contribution < -0.4 is 10.4 Å². The Morgan fingerprint density at radius 2 is 1.38 bits per heavy atom. The monoisotopic (exact) mass is 659 g/mol. The topological polar surface area (TPSA) is 94.4 Å². The van der Waals surface area contributed by atoms with Gasteiger partial charge in [-0.3, -0.25) is 9.59 Å². The summed E-state index contributed by atoms with van der Waals surface area (Å²) in [6.45, 7) is 14.4. The van der Waals surface area contributed by atoms with E-state index in [1.54, 1.807) is 0 Å². The van der Waals surface area contributed by atoms with Gasteiger partial charge in [-0.1, -0.05) is 100 Å². The molecule has 4 aliphatic carbocycles. The molecular weight excluding hydrogens is 607 g/mol. The van der Waals surface area contributed by atoms with Crippen molar-refractivity contribution in [2.75, 3.05) is 0 Å². The molecule has 2 aromatic rings. The summed E-state index contributed by atoms with van der Waals surface area (Å²) in [6, 6.07) is 21.5. The Morgan fingerprint density at radius 3 is 1.91 bits per heavy atom. The molecule has 4 saturated carbocycles. The minimum Gasteiger partial charge on any atom is -0.458 e. The van der Waals surface area contributed by atoms with E-state index in [2.05, 4.69) is 100 Å². The third kappa shape index (κ3) is 5.57. The highest BCUT2D eigenvalue weighted by Crippen LogP contribution is 2.67. The van der Waals surface area contributed by atoms with E-state index in [4.69, 9.17) is 13.9 Å². The van der Waals surface area contributed by atoms with Gasteiger partial charge in [-0.15, -0.1) is 0 Å². The summed E-state index contributed by atoms with van der Waals surface area (Å²) in [5.74, 6) is -0.272. The van der Waals surface area contributed by atoms with E-state index in [0.717, 1.165) is 50.7 Å². The first kappa shape index (κ1) is 33.9. The quantitative estimate of drug-likeness (QED) is 0.157. The summed E-state index contributed by atoms with van der Waals surface area (Å²) in [5.41, 5.74) is 0.455. The van der Waals surface area contributed by atoms with Crippen LogP contribution in [0, 0.1) is 34.5 Å². The Hall–Kier alpha value is -2.97. The molecule has 7 nitrogen and oxygen atoms in total. The van der Waals surface area contributed by atoms with Crippen molar-refractivity contribution in [1.29, 1.82) is 0 Å². The van der Waals surface area contributed by atoms with Gasteiger partial charge in [0, 0.05) is 37.2 Å². The second-order valence-electron chi connectivity index (χ2n) is 16.3. The summed E-state index contributed by atoms with van der Waals surface area (Å²) in [5, 5.41) is 16.0. The Balaban J connectivity index is 1.43. The average Bonchev–Trinajstić information content (AvgIpc) is 3.37. The zero-order valence-electron chi connectivity index (χ0n) is 29.2. The first-order valence-corrected chi connectivity index (χ1v) is 19.5.